The third-order valence-corrected chi connectivity index (χ3v) is 7.26. The number of rotatable bonds is 11. The number of pyridine rings is 1. The van der Waals surface area contributed by atoms with Crippen LogP contribution in [0.5, 0.6) is 5.75 Å². The summed E-state index contributed by atoms with van der Waals surface area (Å²) in [5.74, 6) is -0.155. The Morgan fingerprint density at radius 2 is 1.90 bits per heavy atom. The number of carbonyl (C=O) groups is 2. The van der Waals surface area contributed by atoms with Crippen molar-refractivity contribution < 1.29 is 41.5 Å². The highest BCUT2D eigenvalue weighted by Crippen LogP contribution is 2.45. The molecular weight excluding hydrogens is 557 g/mol. The number of aromatic nitrogens is 2. The minimum absolute atomic E-state index is 0.0288. The van der Waals surface area contributed by atoms with Crippen molar-refractivity contribution in [3.8, 4) is 17.0 Å². The molecule has 1 saturated carbocycles. The molecule has 2 unspecified atom stereocenters. The van der Waals surface area contributed by atoms with Gasteiger partial charge in [-0.3, -0.25) is 5.32 Å². The van der Waals surface area contributed by atoms with Gasteiger partial charge < -0.3 is 23.6 Å². The largest absolute Gasteiger partial charge is 0.573 e. The molecule has 1 aliphatic carbocycles. The summed E-state index contributed by atoms with van der Waals surface area (Å²) in [4.78, 5) is 31.4. The molecule has 10 nitrogen and oxygen atoms in total. The second-order valence-electron chi connectivity index (χ2n) is 10.1. The van der Waals surface area contributed by atoms with E-state index in [-0.39, 0.29) is 66.2 Å². The summed E-state index contributed by atoms with van der Waals surface area (Å²) in [5, 5.41) is 6.83. The van der Waals surface area contributed by atoms with E-state index in [0.717, 1.165) is 12.8 Å². The Morgan fingerprint density at radius 3 is 2.62 bits per heavy atom. The van der Waals surface area contributed by atoms with E-state index < -0.39 is 18.4 Å². The number of para-hydroxylation sites is 1. The highest BCUT2D eigenvalue weighted by molar-refractivity contribution is 5.99. The smallest absolute Gasteiger partial charge is 0.462 e. The quantitative estimate of drug-likeness (QED) is 0.260. The minimum atomic E-state index is -4.87. The SMILES string of the molecule is CCOC(=O)c1cccnc1NC(=O)N1C(CC)CC1COCc1c(-c2ccccc2OC(F)(F)F)noc1C1CC1. The summed E-state index contributed by atoms with van der Waals surface area (Å²) in [6, 6.07) is 8.15. The van der Waals surface area contributed by atoms with Gasteiger partial charge in [0.2, 0.25) is 0 Å². The molecule has 1 saturated heterocycles. The van der Waals surface area contributed by atoms with Crippen LogP contribution >= 0.6 is 0 Å². The van der Waals surface area contributed by atoms with Crippen molar-refractivity contribution in [3.63, 3.8) is 0 Å². The lowest BCUT2D eigenvalue weighted by Gasteiger charge is -2.48. The molecule has 1 N–H and O–H groups in total. The molecule has 5 rings (SSSR count). The van der Waals surface area contributed by atoms with Crippen molar-refractivity contribution in [2.24, 2.45) is 0 Å². The summed E-state index contributed by atoms with van der Waals surface area (Å²) in [5.41, 5.74) is 1.09. The summed E-state index contributed by atoms with van der Waals surface area (Å²) in [6.45, 7) is 4.04. The molecule has 224 valence electrons. The summed E-state index contributed by atoms with van der Waals surface area (Å²) >= 11 is 0. The predicted molar refractivity (Wildman–Crippen MR) is 144 cm³/mol. The topological polar surface area (TPSA) is 116 Å². The number of likely N-dealkylation sites (tertiary alicyclic amines) is 1. The molecule has 42 heavy (non-hydrogen) atoms. The molecule has 1 aromatic carbocycles. The van der Waals surface area contributed by atoms with E-state index in [0.29, 0.717) is 24.2 Å². The van der Waals surface area contributed by atoms with E-state index in [1.807, 2.05) is 6.92 Å². The van der Waals surface area contributed by atoms with Crippen LogP contribution in [-0.2, 0) is 16.1 Å². The monoisotopic (exact) mass is 588 g/mol. The number of halogens is 3. The Balaban J connectivity index is 1.29. The molecule has 2 amide bonds. The van der Waals surface area contributed by atoms with Crippen LogP contribution < -0.4 is 10.1 Å². The molecule has 13 heteroatoms. The number of urea groups is 1. The van der Waals surface area contributed by atoms with Crippen molar-refractivity contribution in [3.05, 3.63) is 59.5 Å². The van der Waals surface area contributed by atoms with Gasteiger partial charge in [-0.2, -0.15) is 0 Å². The van der Waals surface area contributed by atoms with E-state index in [1.165, 1.54) is 30.5 Å². The third-order valence-electron chi connectivity index (χ3n) is 7.26. The Hall–Kier alpha value is -4.13. The fourth-order valence-electron chi connectivity index (χ4n) is 5.10. The van der Waals surface area contributed by atoms with Gasteiger partial charge in [-0.15, -0.1) is 13.2 Å². The standard InChI is InChI=1S/C29H31F3N4O6/c1-3-18-14-19(36(18)28(38)34-26-21(9-7-13-33-26)27(37)40-4-2)15-39-16-22-24(35-42-25(22)17-11-12-17)20-8-5-6-10-23(20)41-29(30,31)32/h5-10,13,17-19H,3-4,11-12,14-16H2,1-2H3,(H,33,34,38). The molecule has 2 fully saturated rings. The summed E-state index contributed by atoms with van der Waals surface area (Å²) in [7, 11) is 0. The van der Waals surface area contributed by atoms with Crippen LogP contribution in [0.4, 0.5) is 23.8 Å². The molecule has 2 aliphatic rings. The van der Waals surface area contributed by atoms with Crippen LogP contribution in [0.2, 0.25) is 0 Å². The Morgan fingerprint density at radius 1 is 1.12 bits per heavy atom. The molecule has 3 heterocycles. The molecule has 0 radical (unpaired) electrons. The van der Waals surface area contributed by atoms with Crippen LogP contribution in [0.15, 0.2) is 47.1 Å². The molecule has 0 bridgehead atoms. The fourth-order valence-corrected chi connectivity index (χ4v) is 5.10. The van der Waals surface area contributed by atoms with Gasteiger partial charge in [0.15, 0.2) is 0 Å². The van der Waals surface area contributed by atoms with Crippen molar-refractivity contribution in [2.45, 2.75) is 70.5 Å². The number of carbonyl (C=O) groups excluding carboxylic acids is 2. The highest BCUT2D eigenvalue weighted by atomic mass is 19.4. The number of anilines is 1. The first-order valence-electron chi connectivity index (χ1n) is 13.8. The number of ether oxygens (including phenoxy) is 3. The van der Waals surface area contributed by atoms with Gasteiger partial charge in [0.05, 0.1) is 25.9 Å². The normalized spacial score (nSPS) is 18.4. The number of esters is 1. The first kappa shape index (κ1) is 29.4. The first-order valence-corrected chi connectivity index (χ1v) is 13.8. The number of hydrogen-bond donors (Lipinski definition) is 1. The molecule has 2 aromatic heterocycles. The Kier molecular flexibility index (Phi) is 8.66. The van der Waals surface area contributed by atoms with Crippen LogP contribution in [0.25, 0.3) is 11.3 Å². The van der Waals surface area contributed by atoms with Gasteiger partial charge in [0, 0.05) is 29.3 Å². The lowest BCUT2D eigenvalue weighted by atomic mass is 9.92. The number of nitrogens with zero attached hydrogens (tertiary/aromatic N) is 3. The Labute approximate surface area is 240 Å². The number of benzene rings is 1. The van der Waals surface area contributed by atoms with Crippen LogP contribution in [0.3, 0.4) is 0 Å². The number of alkyl halides is 3. The van der Waals surface area contributed by atoms with Gasteiger partial charge in [0.25, 0.3) is 0 Å². The molecule has 3 aromatic rings. The molecular formula is C29H31F3N4O6. The van der Waals surface area contributed by atoms with Gasteiger partial charge in [-0.1, -0.05) is 24.2 Å². The van der Waals surface area contributed by atoms with Crippen molar-refractivity contribution >= 4 is 17.8 Å². The molecule has 0 spiro atoms. The van der Waals surface area contributed by atoms with Crippen molar-refractivity contribution in [1.29, 1.82) is 0 Å². The van der Waals surface area contributed by atoms with E-state index in [2.05, 4.69) is 20.2 Å². The lowest BCUT2D eigenvalue weighted by Crippen LogP contribution is -2.61. The van der Waals surface area contributed by atoms with Crippen LogP contribution in [-0.4, -0.2) is 58.7 Å². The zero-order chi connectivity index (χ0) is 29.9. The minimum Gasteiger partial charge on any atom is -0.462 e. The average Bonchev–Trinajstić information content (AvgIpc) is 3.69. The zero-order valence-electron chi connectivity index (χ0n) is 23.1. The number of nitrogens with one attached hydrogen (secondary N) is 1. The first-order chi connectivity index (χ1) is 20.2. The van der Waals surface area contributed by atoms with E-state index in [4.69, 9.17) is 14.0 Å². The fraction of sp³-hybridized carbons (Fsp3) is 0.448. The summed E-state index contributed by atoms with van der Waals surface area (Å²) < 4.78 is 60.1. The maximum absolute atomic E-state index is 13.3. The van der Waals surface area contributed by atoms with E-state index in [1.54, 1.807) is 24.0 Å². The second-order valence-corrected chi connectivity index (χ2v) is 10.1. The van der Waals surface area contributed by atoms with Crippen LogP contribution in [0.1, 0.15) is 67.1 Å². The maximum atomic E-state index is 13.3. The van der Waals surface area contributed by atoms with E-state index >= 15 is 0 Å². The van der Waals surface area contributed by atoms with Gasteiger partial charge in [0.1, 0.15) is 28.6 Å². The Bertz CT molecular complexity index is 1420. The second kappa shape index (κ2) is 12.4. The average molecular weight is 589 g/mol. The van der Waals surface area contributed by atoms with Crippen molar-refractivity contribution in [1.82, 2.24) is 15.0 Å². The highest BCUT2D eigenvalue weighted by Gasteiger charge is 2.41. The van der Waals surface area contributed by atoms with Gasteiger partial charge in [-0.05, 0) is 56.9 Å². The van der Waals surface area contributed by atoms with Crippen molar-refractivity contribution in [2.75, 3.05) is 18.5 Å². The van der Waals surface area contributed by atoms with Gasteiger partial charge >= 0.3 is 18.4 Å². The number of amides is 2. The van der Waals surface area contributed by atoms with Crippen LogP contribution in [0, 0.1) is 0 Å². The summed E-state index contributed by atoms with van der Waals surface area (Å²) in [6.07, 6.45) is -0.207. The lowest BCUT2D eigenvalue weighted by molar-refractivity contribution is -0.274. The predicted octanol–water partition coefficient (Wildman–Crippen LogP) is 6.29. The zero-order valence-corrected chi connectivity index (χ0v) is 23.1. The molecule has 2 atom stereocenters. The van der Waals surface area contributed by atoms with E-state index in [9.17, 15) is 22.8 Å². The maximum Gasteiger partial charge on any atom is 0.573 e. The number of hydrogen-bond acceptors (Lipinski definition) is 8. The third kappa shape index (κ3) is 6.51. The van der Waals surface area contributed by atoms with Gasteiger partial charge in [-0.25, -0.2) is 14.6 Å². The molecule has 1 aliphatic heterocycles.